The molecule has 3 aromatic carbocycles. The quantitative estimate of drug-likeness (QED) is 0.217. The van der Waals surface area contributed by atoms with Gasteiger partial charge in [0.2, 0.25) is 0 Å². The molecule has 0 radical (unpaired) electrons. The fraction of sp³-hybridized carbons (Fsp3) is 0.0303. The molecule has 12 rings (SSSR count). The molecule has 8 heteroatoms. The molecule has 5 aromatic heterocycles. The minimum absolute atomic E-state index is 0.499. The lowest BCUT2D eigenvalue weighted by Crippen LogP contribution is -2.18. The molecule has 12 bridgehead atoms. The highest BCUT2D eigenvalue weighted by Crippen LogP contribution is 2.52. The zero-order chi connectivity index (χ0) is 26.6. The van der Waals surface area contributed by atoms with Crippen LogP contribution in [0.1, 0.15) is 0 Å². The van der Waals surface area contributed by atoms with Gasteiger partial charge in [0.25, 0.3) is 0 Å². The molecule has 2 aliphatic carbocycles. The van der Waals surface area contributed by atoms with E-state index in [4.69, 9.17) is 19.9 Å². The molecule has 0 fully saturated rings. The summed E-state index contributed by atoms with van der Waals surface area (Å²) in [6.45, 7) is 0. The Morgan fingerprint density at radius 1 is 0.463 bits per heavy atom. The van der Waals surface area contributed by atoms with Crippen LogP contribution < -0.4 is 0 Å². The summed E-state index contributed by atoms with van der Waals surface area (Å²) in [6, 6.07) is 25.6. The van der Waals surface area contributed by atoms with Crippen LogP contribution in [0.4, 0.5) is 0 Å². The van der Waals surface area contributed by atoms with Gasteiger partial charge in [-0.1, -0.05) is 72.8 Å². The van der Waals surface area contributed by atoms with Crippen molar-refractivity contribution in [2.75, 3.05) is 0 Å². The van der Waals surface area contributed by atoms with E-state index in [1.807, 2.05) is 0 Å². The average Bonchev–Trinajstić information content (AvgIpc) is 3.75. The molecule has 4 aliphatic rings. The van der Waals surface area contributed by atoms with E-state index in [1.54, 1.807) is 0 Å². The molecular weight excluding hydrogens is 505 g/mol. The van der Waals surface area contributed by atoms with Gasteiger partial charge < -0.3 is 13.5 Å². The minimum atomic E-state index is 0.499. The summed E-state index contributed by atoms with van der Waals surface area (Å²) in [7, 11) is 2.57. The Balaban J connectivity index is 1.60. The number of hydrogen-bond acceptors (Lipinski definition) is 4. The maximum atomic E-state index is 5.55. The van der Waals surface area contributed by atoms with Gasteiger partial charge in [-0.15, -0.1) is 0 Å². The number of aromatic nitrogens is 7. The largest absolute Gasteiger partial charge is 0.371 e. The van der Waals surface area contributed by atoms with Crippen molar-refractivity contribution in [3.63, 3.8) is 0 Å². The van der Waals surface area contributed by atoms with E-state index in [1.165, 1.54) is 0 Å². The van der Waals surface area contributed by atoms with Gasteiger partial charge in [0, 0.05) is 74.0 Å². The predicted octanol–water partition coefficient (Wildman–Crippen LogP) is 6.37. The third-order valence-electron chi connectivity index (χ3n) is 9.09. The lowest BCUT2D eigenvalue weighted by molar-refractivity contribution is 0.928. The van der Waals surface area contributed by atoms with E-state index in [0.29, 0.717) is 7.55 Å². The second-order valence-corrected chi connectivity index (χ2v) is 11.3. The standard InChI is InChI=1S/C33H18BN7/c1-39-14-22-23(15-39)29-25-24-26-16-8-2-3-9-17(16)27(24)36-31-19-11-5-7-13-21(19)33(38-29)41(31)34-40-30(35-26)18-10-4-6-12-20(18)32(40)37-28(22)25/h2-15,34H,1H3. The minimum Gasteiger partial charge on any atom is -0.356 e. The van der Waals surface area contributed by atoms with E-state index in [-0.39, 0.29) is 0 Å². The number of rotatable bonds is 0. The summed E-state index contributed by atoms with van der Waals surface area (Å²) in [5.41, 5.74) is 11.8. The molecule has 0 amide bonds. The fourth-order valence-corrected chi connectivity index (χ4v) is 7.40. The summed E-state index contributed by atoms with van der Waals surface area (Å²) in [5.74, 6) is 0. The molecule has 0 unspecified atom stereocenters. The maximum absolute atomic E-state index is 5.55. The smallest absolute Gasteiger partial charge is 0.356 e. The van der Waals surface area contributed by atoms with Crippen molar-refractivity contribution >= 4 is 62.5 Å². The number of hydrogen-bond donors (Lipinski definition) is 0. The van der Waals surface area contributed by atoms with Gasteiger partial charge >= 0.3 is 7.55 Å². The number of fused-ring (bicyclic) bond motifs is 4. The van der Waals surface area contributed by atoms with Gasteiger partial charge in [0.05, 0.1) is 22.8 Å². The third-order valence-corrected chi connectivity index (χ3v) is 9.09. The van der Waals surface area contributed by atoms with E-state index in [9.17, 15) is 0 Å². The predicted molar refractivity (Wildman–Crippen MR) is 165 cm³/mol. The van der Waals surface area contributed by atoms with Crippen molar-refractivity contribution in [2.24, 2.45) is 7.05 Å². The summed E-state index contributed by atoms with van der Waals surface area (Å²) in [6.07, 6.45) is 4.35. The maximum Gasteiger partial charge on any atom is 0.371 e. The Morgan fingerprint density at radius 3 is 1.20 bits per heavy atom. The molecule has 7 nitrogen and oxygen atoms in total. The lowest BCUT2D eigenvalue weighted by atomic mass is 10.1. The van der Waals surface area contributed by atoms with Crippen LogP contribution in [-0.4, -0.2) is 41.0 Å². The van der Waals surface area contributed by atoms with Crippen molar-refractivity contribution in [3.8, 4) is 45.0 Å². The molecule has 0 spiro atoms. The van der Waals surface area contributed by atoms with Crippen LogP contribution in [-0.2, 0) is 7.05 Å². The Labute approximate surface area is 233 Å². The average molecular weight is 523 g/mol. The van der Waals surface area contributed by atoms with Crippen LogP contribution >= 0.6 is 0 Å². The van der Waals surface area contributed by atoms with Crippen molar-refractivity contribution < 1.29 is 0 Å². The second-order valence-electron chi connectivity index (χ2n) is 11.3. The first-order valence-corrected chi connectivity index (χ1v) is 13.8. The van der Waals surface area contributed by atoms with Crippen LogP contribution in [0, 0.1) is 0 Å². The zero-order valence-corrected chi connectivity index (χ0v) is 21.9. The second kappa shape index (κ2) is 6.62. The molecule has 7 heterocycles. The first kappa shape index (κ1) is 20.4. The summed E-state index contributed by atoms with van der Waals surface area (Å²) >= 11 is 0. The number of benzene rings is 3. The Hall–Kier alpha value is -5.50. The van der Waals surface area contributed by atoms with E-state index in [0.717, 1.165) is 99.9 Å². The lowest BCUT2D eigenvalue weighted by Gasteiger charge is -2.08. The monoisotopic (exact) mass is 523 g/mol. The van der Waals surface area contributed by atoms with Gasteiger partial charge in [0.15, 0.2) is 0 Å². The van der Waals surface area contributed by atoms with Gasteiger partial charge in [-0.2, -0.15) is 0 Å². The molecule has 2 aliphatic heterocycles. The molecule has 188 valence electrons. The number of aryl methyl sites for hydroxylation is 1. The molecule has 0 N–H and O–H groups in total. The van der Waals surface area contributed by atoms with Crippen molar-refractivity contribution in [2.45, 2.75) is 0 Å². The molecule has 41 heavy (non-hydrogen) atoms. The SMILES string of the molecule is Cn1cc2c(c1)-c1nc3c4ccccc4c4nc5c6c(nc7c8ccccc8c(nc-2c16)n7Bn43)-c1ccccc1-5. The van der Waals surface area contributed by atoms with Gasteiger partial charge in [-0.25, -0.2) is 19.9 Å². The summed E-state index contributed by atoms with van der Waals surface area (Å²) in [5, 5.41) is 6.41. The van der Waals surface area contributed by atoms with E-state index in [2.05, 4.69) is 106 Å². The topological polar surface area (TPSA) is 66.3 Å². The van der Waals surface area contributed by atoms with Crippen molar-refractivity contribution in [1.82, 2.24) is 33.5 Å². The third kappa shape index (κ3) is 2.24. The molecule has 8 aromatic rings. The molecule has 0 saturated heterocycles. The molecular formula is C33H18BN7. The van der Waals surface area contributed by atoms with Crippen molar-refractivity contribution in [3.05, 3.63) is 85.2 Å². The first-order valence-electron chi connectivity index (χ1n) is 13.8. The summed E-state index contributed by atoms with van der Waals surface area (Å²) in [4.78, 5) is 22.2. The Bertz CT molecular complexity index is 2460. The highest BCUT2D eigenvalue weighted by molar-refractivity contribution is 6.41. The van der Waals surface area contributed by atoms with Gasteiger partial charge in [-0.3, -0.25) is 0 Å². The van der Waals surface area contributed by atoms with Crippen LogP contribution in [0.15, 0.2) is 85.2 Å². The van der Waals surface area contributed by atoms with Crippen LogP contribution in [0.2, 0.25) is 0 Å². The van der Waals surface area contributed by atoms with Crippen molar-refractivity contribution in [1.29, 1.82) is 0 Å². The number of nitrogens with zero attached hydrogens (tertiary/aromatic N) is 7. The summed E-state index contributed by atoms with van der Waals surface area (Å²) < 4.78 is 6.64. The van der Waals surface area contributed by atoms with Crippen LogP contribution in [0.5, 0.6) is 0 Å². The van der Waals surface area contributed by atoms with Gasteiger partial charge in [0.1, 0.15) is 22.6 Å². The highest BCUT2D eigenvalue weighted by Gasteiger charge is 2.34. The van der Waals surface area contributed by atoms with Crippen LogP contribution in [0.25, 0.3) is 99.9 Å². The Kier molecular flexibility index (Phi) is 3.30. The molecule has 0 saturated carbocycles. The highest BCUT2D eigenvalue weighted by atomic mass is 15.2. The van der Waals surface area contributed by atoms with E-state index >= 15 is 0 Å². The van der Waals surface area contributed by atoms with Gasteiger partial charge in [-0.05, 0) is 0 Å². The fourth-order valence-electron chi connectivity index (χ4n) is 7.40. The molecule has 0 atom stereocenters. The Morgan fingerprint density at radius 2 is 0.805 bits per heavy atom. The normalized spacial score (nSPS) is 13.2. The zero-order valence-electron chi connectivity index (χ0n) is 21.9. The van der Waals surface area contributed by atoms with E-state index < -0.39 is 0 Å². The van der Waals surface area contributed by atoms with Crippen LogP contribution in [0.3, 0.4) is 0 Å². The first-order chi connectivity index (χ1) is 20.2.